The normalized spacial score (nSPS) is 18.3. The van der Waals surface area contributed by atoms with Crippen molar-refractivity contribution in [1.29, 1.82) is 0 Å². The summed E-state index contributed by atoms with van der Waals surface area (Å²) < 4.78 is 10.2. The highest BCUT2D eigenvalue weighted by Gasteiger charge is 2.34. The maximum atomic E-state index is 14.0. The number of imidazole rings is 1. The van der Waals surface area contributed by atoms with Crippen LogP contribution in [0.4, 0.5) is 0 Å². The number of pyridine rings is 1. The van der Waals surface area contributed by atoms with Gasteiger partial charge >= 0.3 is 0 Å². The summed E-state index contributed by atoms with van der Waals surface area (Å²) in [6.07, 6.45) is 5.02. The van der Waals surface area contributed by atoms with Gasteiger partial charge in [0.15, 0.2) is 5.65 Å². The van der Waals surface area contributed by atoms with E-state index in [1.165, 1.54) is 24.0 Å². The number of aromatic nitrogens is 4. The number of quaternary nitrogens is 1. The SMILES string of the molecule is CCc1nc(C)c2c(=O)n(CCC[N+]3(Cc4ccc(Cl)c(Cl)c4)CCC(Cc4ccccc4)CC3)c3ccc(OC)nc3n12.[Br-]. The molecule has 0 amide bonds. The lowest BCUT2D eigenvalue weighted by atomic mass is 9.88. The molecule has 0 bridgehead atoms. The molecule has 45 heavy (non-hydrogen) atoms. The first kappa shape index (κ1) is 33.5. The summed E-state index contributed by atoms with van der Waals surface area (Å²) in [6.45, 7) is 8.58. The highest BCUT2D eigenvalue weighted by Crippen LogP contribution is 2.31. The van der Waals surface area contributed by atoms with Gasteiger partial charge in [0, 0.05) is 31.0 Å². The van der Waals surface area contributed by atoms with Crippen LogP contribution < -0.4 is 27.3 Å². The van der Waals surface area contributed by atoms with Gasteiger partial charge in [0.1, 0.15) is 17.9 Å². The zero-order valence-electron chi connectivity index (χ0n) is 26.1. The Balaban J connectivity index is 0.00000400. The molecule has 0 atom stereocenters. The Bertz CT molecular complexity index is 1850. The summed E-state index contributed by atoms with van der Waals surface area (Å²) in [6, 6.07) is 20.6. The Morgan fingerprint density at radius 3 is 2.42 bits per heavy atom. The lowest BCUT2D eigenvalue weighted by Crippen LogP contribution is -3.00. The van der Waals surface area contributed by atoms with Crippen LogP contribution in [0.2, 0.25) is 10.0 Å². The largest absolute Gasteiger partial charge is 1.00 e. The molecule has 0 N–H and O–H groups in total. The van der Waals surface area contributed by atoms with Gasteiger partial charge in [0.2, 0.25) is 5.88 Å². The molecule has 238 valence electrons. The number of hydrogen-bond donors (Lipinski definition) is 0. The first-order valence-electron chi connectivity index (χ1n) is 15.6. The van der Waals surface area contributed by atoms with Crippen molar-refractivity contribution in [3.8, 4) is 5.88 Å². The van der Waals surface area contributed by atoms with Gasteiger partial charge in [-0.25, -0.2) is 4.98 Å². The minimum atomic E-state index is -0.0215. The summed E-state index contributed by atoms with van der Waals surface area (Å²) in [5, 5.41) is 1.18. The smallest absolute Gasteiger partial charge is 0.277 e. The van der Waals surface area contributed by atoms with Crippen LogP contribution in [0.1, 0.15) is 48.8 Å². The molecule has 7 nitrogen and oxygen atoms in total. The van der Waals surface area contributed by atoms with Crippen LogP contribution in [-0.2, 0) is 25.9 Å². The summed E-state index contributed by atoms with van der Waals surface area (Å²) in [4.78, 5) is 23.5. The van der Waals surface area contributed by atoms with Gasteiger partial charge in [0.25, 0.3) is 5.56 Å². The number of ether oxygens (including phenoxy) is 1. The Morgan fingerprint density at radius 2 is 1.73 bits per heavy atom. The van der Waals surface area contributed by atoms with Crippen LogP contribution in [-0.4, -0.2) is 50.2 Å². The standard InChI is InChI=1S/C35H40Cl2N5O2.BrH/c1-4-31-38-24(2)33-35(43)40(30-13-14-32(44-3)39-34(30)41(31)33)17-8-18-42(23-27-11-12-28(36)29(37)22-27)19-15-26(16-20-42)21-25-9-6-5-7-10-25;/h5-7,9-14,22,26H,4,8,15-21,23H2,1-3H3;1H/q+1;/p-1. The van der Waals surface area contributed by atoms with E-state index >= 15 is 0 Å². The Labute approximate surface area is 285 Å². The van der Waals surface area contributed by atoms with Crippen LogP contribution in [0.15, 0.2) is 65.5 Å². The number of hydrogen-bond acceptors (Lipinski definition) is 4. The highest BCUT2D eigenvalue weighted by atomic mass is 79.9. The van der Waals surface area contributed by atoms with E-state index in [0.29, 0.717) is 46.0 Å². The fourth-order valence-corrected chi connectivity index (χ4v) is 7.37. The van der Waals surface area contributed by atoms with E-state index in [4.69, 9.17) is 37.9 Å². The second kappa shape index (κ2) is 14.2. The zero-order chi connectivity index (χ0) is 30.8. The average molecular weight is 714 g/mol. The first-order valence-corrected chi connectivity index (χ1v) is 16.3. The number of nitrogens with zero attached hydrogens (tertiary/aromatic N) is 5. The van der Waals surface area contributed by atoms with Gasteiger partial charge in [-0.15, -0.1) is 0 Å². The molecule has 6 rings (SSSR count). The van der Waals surface area contributed by atoms with Gasteiger partial charge in [-0.3, -0.25) is 9.20 Å². The molecule has 0 radical (unpaired) electrons. The quantitative estimate of drug-likeness (QED) is 0.203. The summed E-state index contributed by atoms with van der Waals surface area (Å²) in [5.74, 6) is 2.02. The second-order valence-corrected chi connectivity index (χ2v) is 13.0. The fraction of sp³-hybridized carbons (Fsp3) is 0.400. The molecular weight excluding hydrogens is 673 g/mol. The topological polar surface area (TPSA) is 61.4 Å². The molecule has 0 spiro atoms. The molecule has 2 aromatic carbocycles. The summed E-state index contributed by atoms with van der Waals surface area (Å²) in [7, 11) is 1.61. The number of halogens is 3. The molecule has 1 saturated heterocycles. The number of fused-ring (bicyclic) bond motifs is 3. The molecule has 5 aromatic rings. The summed E-state index contributed by atoms with van der Waals surface area (Å²) in [5.41, 5.74) is 5.42. The van der Waals surface area contributed by atoms with Gasteiger partial charge < -0.3 is 30.8 Å². The van der Waals surface area contributed by atoms with E-state index in [0.717, 1.165) is 60.5 Å². The maximum Gasteiger partial charge on any atom is 0.277 e. The van der Waals surface area contributed by atoms with Crippen molar-refractivity contribution in [2.45, 2.75) is 59.0 Å². The molecule has 1 fully saturated rings. The Hall–Kier alpha value is -2.91. The number of benzene rings is 2. The molecule has 1 aliphatic heterocycles. The molecule has 0 unspecified atom stereocenters. The minimum Gasteiger partial charge on any atom is -1.00 e. The Kier molecular flexibility index (Phi) is 10.6. The van der Waals surface area contributed by atoms with Crippen molar-refractivity contribution in [2.24, 2.45) is 5.92 Å². The third kappa shape index (κ3) is 6.94. The molecule has 1 aliphatic rings. The van der Waals surface area contributed by atoms with E-state index in [1.807, 2.05) is 47.1 Å². The fourth-order valence-electron chi connectivity index (χ4n) is 7.05. The van der Waals surface area contributed by atoms with E-state index in [1.54, 1.807) is 7.11 Å². The van der Waals surface area contributed by atoms with Gasteiger partial charge in [0.05, 0.1) is 48.0 Å². The van der Waals surface area contributed by atoms with E-state index in [-0.39, 0.29) is 22.5 Å². The number of piperidine rings is 1. The molecule has 3 aromatic heterocycles. The lowest BCUT2D eigenvalue weighted by molar-refractivity contribution is -0.946. The molecule has 10 heteroatoms. The van der Waals surface area contributed by atoms with E-state index in [9.17, 15) is 4.79 Å². The molecule has 4 heterocycles. The second-order valence-electron chi connectivity index (χ2n) is 12.2. The van der Waals surface area contributed by atoms with Crippen molar-refractivity contribution in [3.05, 3.63) is 104 Å². The van der Waals surface area contributed by atoms with Gasteiger partial charge in [-0.05, 0) is 55.9 Å². The van der Waals surface area contributed by atoms with Crippen LogP contribution >= 0.6 is 23.2 Å². The van der Waals surface area contributed by atoms with Crippen molar-refractivity contribution in [3.63, 3.8) is 0 Å². The predicted molar refractivity (Wildman–Crippen MR) is 178 cm³/mol. The first-order chi connectivity index (χ1) is 21.3. The zero-order valence-corrected chi connectivity index (χ0v) is 29.2. The molecular formula is C35H40BrCl2N5O2. The van der Waals surface area contributed by atoms with Crippen molar-refractivity contribution in [1.82, 2.24) is 18.9 Å². The third-order valence-electron chi connectivity index (χ3n) is 9.33. The number of aryl methyl sites for hydroxylation is 3. The number of rotatable bonds is 10. The highest BCUT2D eigenvalue weighted by molar-refractivity contribution is 6.42. The number of likely N-dealkylation sites (tertiary alicyclic amines) is 1. The third-order valence-corrected chi connectivity index (χ3v) is 10.1. The van der Waals surface area contributed by atoms with Crippen molar-refractivity contribution in [2.75, 3.05) is 26.7 Å². The van der Waals surface area contributed by atoms with Crippen LogP contribution in [0.5, 0.6) is 5.88 Å². The Morgan fingerprint density at radius 1 is 0.978 bits per heavy atom. The van der Waals surface area contributed by atoms with Crippen molar-refractivity contribution >= 4 is 39.9 Å². The maximum absolute atomic E-state index is 14.0. The average Bonchev–Trinajstić information content (AvgIpc) is 3.38. The van der Waals surface area contributed by atoms with Crippen LogP contribution in [0, 0.1) is 12.8 Å². The van der Waals surface area contributed by atoms with Crippen LogP contribution in [0.25, 0.3) is 16.7 Å². The van der Waals surface area contributed by atoms with Gasteiger partial charge in [-0.2, -0.15) is 4.98 Å². The molecule has 0 aliphatic carbocycles. The van der Waals surface area contributed by atoms with Gasteiger partial charge in [-0.1, -0.05) is 66.5 Å². The molecule has 0 saturated carbocycles. The van der Waals surface area contributed by atoms with E-state index < -0.39 is 0 Å². The monoisotopic (exact) mass is 711 g/mol. The van der Waals surface area contributed by atoms with Crippen molar-refractivity contribution < 1.29 is 26.2 Å². The van der Waals surface area contributed by atoms with Crippen LogP contribution in [0.3, 0.4) is 0 Å². The predicted octanol–water partition coefficient (Wildman–Crippen LogP) is 4.29. The summed E-state index contributed by atoms with van der Waals surface area (Å²) >= 11 is 12.7. The minimum absolute atomic E-state index is 0. The van der Waals surface area contributed by atoms with E-state index in [2.05, 4.69) is 36.4 Å². The number of methoxy groups -OCH3 is 1. The lowest BCUT2D eigenvalue weighted by Gasteiger charge is -2.44.